The molecular formula is C26H31NO. The number of carbonyl (C=O) groups excluding carboxylic acids is 1. The predicted octanol–water partition coefficient (Wildman–Crippen LogP) is 6.09. The quantitative estimate of drug-likeness (QED) is 0.693. The van der Waals surface area contributed by atoms with Gasteiger partial charge < -0.3 is 5.32 Å². The van der Waals surface area contributed by atoms with Crippen molar-refractivity contribution >= 4 is 11.6 Å². The summed E-state index contributed by atoms with van der Waals surface area (Å²) in [6.07, 6.45) is 7.04. The molecule has 28 heavy (non-hydrogen) atoms. The number of hydrogen-bond donors (Lipinski definition) is 1. The van der Waals surface area contributed by atoms with Gasteiger partial charge >= 0.3 is 0 Å². The minimum absolute atomic E-state index is 0.187. The monoisotopic (exact) mass is 373 g/mol. The lowest BCUT2D eigenvalue weighted by Crippen LogP contribution is -2.57. The first-order valence-electron chi connectivity index (χ1n) is 10.8. The fourth-order valence-corrected chi connectivity index (χ4v) is 6.86. The number of rotatable bonds is 3. The van der Waals surface area contributed by atoms with E-state index >= 15 is 0 Å². The van der Waals surface area contributed by atoms with E-state index in [0.29, 0.717) is 11.8 Å². The Morgan fingerprint density at radius 2 is 1.57 bits per heavy atom. The summed E-state index contributed by atoms with van der Waals surface area (Å²) in [6, 6.07) is 15.4. The van der Waals surface area contributed by atoms with Gasteiger partial charge in [0.05, 0.1) is 5.41 Å². The molecule has 4 aliphatic rings. The van der Waals surface area contributed by atoms with Gasteiger partial charge in [0.2, 0.25) is 5.91 Å². The van der Waals surface area contributed by atoms with Gasteiger partial charge in [-0.25, -0.2) is 0 Å². The van der Waals surface area contributed by atoms with Crippen LogP contribution in [0.25, 0.3) is 0 Å². The van der Waals surface area contributed by atoms with Crippen molar-refractivity contribution < 1.29 is 4.79 Å². The molecule has 4 aliphatic carbocycles. The summed E-state index contributed by atoms with van der Waals surface area (Å²) < 4.78 is 0. The van der Waals surface area contributed by atoms with Crippen LogP contribution in [-0.4, -0.2) is 5.91 Å². The number of amides is 1. The van der Waals surface area contributed by atoms with Gasteiger partial charge in [0.15, 0.2) is 0 Å². The van der Waals surface area contributed by atoms with Crippen LogP contribution in [0.1, 0.15) is 60.8 Å². The molecule has 2 aromatic carbocycles. The Kier molecular flexibility index (Phi) is 3.98. The summed E-state index contributed by atoms with van der Waals surface area (Å²) >= 11 is 0. The number of benzene rings is 2. The first kappa shape index (κ1) is 18.0. The molecule has 0 heterocycles. The standard InChI is InChI=1S/C26H31NO/c1-17-4-7-22(8-5-17)25-12-20-11-21(13-25)15-26(14-20,16-25)24(28)27-23-9-6-18(2)19(3)10-23/h4-10,20-21H,11-16H2,1-3H3,(H,27,28)/t20-,21+,25?,26?. The lowest BCUT2D eigenvalue weighted by Gasteiger charge is -2.61. The highest BCUT2D eigenvalue weighted by molar-refractivity contribution is 5.96. The molecule has 0 spiro atoms. The molecule has 146 valence electrons. The Hall–Kier alpha value is -2.09. The van der Waals surface area contributed by atoms with Crippen molar-refractivity contribution in [3.63, 3.8) is 0 Å². The first-order chi connectivity index (χ1) is 13.4. The van der Waals surface area contributed by atoms with Crippen molar-refractivity contribution in [3.8, 4) is 0 Å². The van der Waals surface area contributed by atoms with E-state index in [1.807, 2.05) is 0 Å². The minimum Gasteiger partial charge on any atom is -0.326 e. The highest BCUT2D eigenvalue weighted by atomic mass is 16.2. The molecule has 0 aliphatic heterocycles. The van der Waals surface area contributed by atoms with E-state index in [2.05, 4.69) is 68.6 Å². The van der Waals surface area contributed by atoms with Gasteiger partial charge in [-0.15, -0.1) is 0 Å². The van der Waals surface area contributed by atoms with Crippen molar-refractivity contribution in [2.24, 2.45) is 17.3 Å². The van der Waals surface area contributed by atoms with Crippen molar-refractivity contribution in [3.05, 3.63) is 64.7 Å². The molecular weight excluding hydrogens is 342 g/mol. The molecule has 4 atom stereocenters. The van der Waals surface area contributed by atoms with Crippen LogP contribution in [0.4, 0.5) is 5.69 Å². The zero-order valence-electron chi connectivity index (χ0n) is 17.3. The van der Waals surface area contributed by atoms with Crippen LogP contribution in [-0.2, 0) is 10.2 Å². The maximum Gasteiger partial charge on any atom is 0.230 e. The van der Waals surface area contributed by atoms with E-state index in [9.17, 15) is 4.79 Å². The van der Waals surface area contributed by atoms with Gasteiger partial charge in [0, 0.05) is 5.69 Å². The zero-order valence-corrected chi connectivity index (χ0v) is 17.3. The molecule has 0 aromatic heterocycles. The van der Waals surface area contributed by atoms with Gasteiger partial charge in [-0.05, 0) is 105 Å². The molecule has 2 nitrogen and oxygen atoms in total. The molecule has 4 fully saturated rings. The average Bonchev–Trinajstić information content (AvgIpc) is 2.64. The summed E-state index contributed by atoms with van der Waals surface area (Å²) in [5.74, 6) is 1.67. The molecule has 0 saturated heterocycles. The first-order valence-corrected chi connectivity index (χ1v) is 10.8. The third-order valence-electron chi connectivity index (χ3n) is 7.97. The number of carbonyl (C=O) groups is 1. The van der Waals surface area contributed by atoms with Gasteiger partial charge in [-0.1, -0.05) is 35.9 Å². The van der Waals surface area contributed by atoms with Gasteiger partial charge in [0.25, 0.3) is 0 Å². The topological polar surface area (TPSA) is 29.1 Å². The van der Waals surface area contributed by atoms with E-state index in [1.165, 1.54) is 41.5 Å². The Balaban J connectivity index is 1.46. The molecule has 2 unspecified atom stereocenters. The number of anilines is 1. The van der Waals surface area contributed by atoms with E-state index in [4.69, 9.17) is 0 Å². The number of aryl methyl sites for hydroxylation is 3. The van der Waals surface area contributed by atoms with Gasteiger partial charge in [0.1, 0.15) is 0 Å². The third kappa shape index (κ3) is 2.80. The van der Waals surface area contributed by atoms with Crippen LogP contribution in [0.15, 0.2) is 42.5 Å². The van der Waals surface area contributed by atoms with Crippen molar-refractivity contribution in [2.45, 2.75) is 64.7 Å². The van der Waals surface area contributed by atoms with Crippen molar-refractivity contribution in [1.82, 2.24) is 0 Å². The second kappa shape index (κ2) is 6.20. The highest BCUT2D eigenvalue weighted by Crippen LogP contribution is 2.66. The van der Waals surface area contributed by atoms with Crippen LogP contribution < -0.4 is 5.32 Å². The maximum atomic E-state index is 13.6. The van der Waals surface area contributed by atoms with Gasteiger partial charge in [-0.3, -0.25) is 4.79 Å². The summed E-state index contributed by atoms with van der Waals surface area (Å²) in [4.78, 5) is 13.6. The van der Waals surface area contributed by atoms with E-state index in [1.54, 1.807) is 0 Å². The molecule has 1 amide bonds. The summed E-state index contributed by atoms with van der Waals surface area (Å²) in [5, 5.41) is 3.31. The molecule has 2 heteroatoms. The van der Waals surface area contributed by atoms with E-state index in [-0.39, 0.29) is 16.7 Å². The van der Waals surface area contributed by atoms with Crippen LogP contribution in [0.5, 0.6) is 0 Å². The highest BCUT2D eigenvalue weighted by Gasteiger charge is 2.60. The number of nitrogens with one attached hydrogen (secondary N) is 1. The van der Waals surface area contributed by atoms with Crippen LogP contribution >= 0.6 is 0 Å². The summed E-state index contributed by atoms with van der Waals surface area (Å²) in [7, 11) is 0. The fourth-order valence-electron chi connectivity index (χ4n) is 6.86. The van der Waals surface area contributed by atoms with Crippen molar-refractivity contribution in [1.29, 1.82) is 0 Å². The Morgan fingerprint density at radius 3 is 2.21 bits per heavy atom. The molecule has 2 aromatic rings. The molecule has 1 N–H and O–H groups in total. The SMILES string of the molecule is Cc1ccc(C23C[C@@H]4C[C@@H](CC(C(=O)Nc5ccc(C)c(C)c5)(C4)C2)C3)cc1. The van der Waals surface area contributed by atoms with Gasteiger partial charge in [-0.2, -0.15) is 0 Å². The van der Waals surface area contributed by atoms with E-state index in [0.717, 1.165) is 24.9 Å². The lowest BCUT2D eigenvalue weighted by atomic mass is 9.42. The van der Waals surface area contributed by atoms with Crippen LogP contribution in [0.3, 0.4) is 0 Å². The maximum absolute atomic E-state index is 13.6. The lowest BCUT2D eigenvalue weighted by molar-refractivity contribution is -0.143. The van der Waals surface area contributed by atoms with Crippen LogP contribution in [0, 0.1) is 38.0 Å². The fraction of sp³-hybridized carbons (Fsp3) is 0.500. The predicted molar refractivity (Wildman–Crippen MR) is 115 cm³/mol. The Labute approximate surface area is 168 Å². The third-order valence-corrected chi connectivity index (χ3v) is 7.97. The average molecular weight is 374 g/mol. The van der Waals surface area contributed by atoms with Crippen LogP contribution in [0.2, 0.25) is 0 Å². The second-order valence-electron chi connectivity index (χ2n) is 10.1. The van der Waals surface area contributed by atoms with Crippen molar-refractivity contribution in [2.75, 3.05) is 5.32 Å². The number of hydrogen-bond acceptors (Lipinski definition) is 1. The van der Waals surface area contributed by atoms with E-state index < -0.39 is 0 Å². The molecule has 0 radical (unpaired) electrons. The smallest absolute Gasteiger partial charge is 0.230 e. The Bertz CT molecular complexity index is 912. The second-order valence-corrected chi connectivity index (χ2v) is 10.1. The normalized spacial score (nSPS) is 33.1. The minimum atomic E-state index is -0.187. The zero-order chi connectivity index (χ0) is 19.5. The summed E-state index contributed by atoms with van der Waals surface area (Å²) in [5.41, 5.74) is 6.26. The molecule has 6 rings (SSSR count). The summed E-state index contributed by atoms with van der Waals surface area (Å²) in [6.45, 7) is 6.38. The molecule has 4 saturated carbocycles. The molecule has 4 bridgehead atoms. The largest absolute Gasteiger partial charge is 0.326 e. The Morgan fingerprint density at radius 1 is 0.893 bits per heavy atom.